The lowest BCUT2D eigenvalue weighted by Crippen LogP contribution is -2.54. The third-order valence-corrected chi connectivity index (χ3v) is 5.28. The van der Waals surface area contributed by atoms with E-state index in [1.165, 1.54) is 56.6 Å². The van der Waals surface area contributed by atoms with Crippen LogP contribution in [0.3, 0.4) is 0 Å². The molecule has 1 aromatic rings. The molecule has 2 N–H and O–H groups in total. The molecule has 0 radical (unpaired) electrons. The van der Waals surface area contributed by atoms with E-state index in [-0.39, 0.29) is 0 Å². The molecule has 0 bridgehead atoms. The second kappa shape index (κ2) is 6.51. The minimum atomic E-state index is 0.797. The third-order valence-electron chi connectivity index (χ3n) is 5.28. The molecule has 0 aromatic heterocycles. The van der Waals surface area contributed by atoms with Crippen LogP contribution in [0.2, 0.25) is 0 Å². The maximum Gasteiger partial charge on any atom is 0.0751 e. The van der Waals surface area contributed by atoms with Gasteiger partial charge in [0.25, 0.3) is 0 Å². The number of hydrogen-bond acceptors (Lipinski definition) is 5. The van der Waals surface area contributed by atoms with Gasteiger partial charge in [-0.15, -0.1) is 5.53 Å². The maximum absolute atomic E-state index is 3.18. The Labute approximate surface area is 138 Å². The van der Waals surface area contributed by atoms with Crippen LogP contribution in [0.4, 0.5) is 0 Å². The first kappa shape index (κ1) is 15.0. The fourth-order valence-electron chi connectivity index (χ4n) is 3.97. The molecule has 1 unspecified atom stereocenters. The number of hydrogen-bond donors (Lipinski definition) is 2. The lowest BCUT2D eigenvalue weighted by Gasteiger charge is -2.44. The van der Waals surface area contributed by atoms with Gasteiger partial charge in [-0.3, -0.25) is 14.8 Å². The van der Waals surface area contributed by atoms with Crippen molar-refractivity contribution in [3.8, 4) is 0 Å². The molecule has 124 valence electrons. The fraction of sp³-hybridized carbons (Fsp3) is 0.556. The van der Waals surface area contributed by atoms with E-state index >= 15 is 0 Å². The Bertz CT molecular complexity index is 567. The standard InChI is InChI=1S/C18H27N5/c1-21-14-18(19-20-21)16-7-5-15(6-8-16)12-22-10-11-23-9-3-2-4-17(23)13-22/h5-8,14,17,19-20H,2-4,9-13H2,1H3. The molecular formula is C18H27N5. The van der Waals surface area contributed by atoms with Gasteiger partial charge in [0.15, 0.2) is 0 Å². The average Bonchev–Trinajstić information content (AvgIpc) is 3.02. The maximum atomic E-state index is 3.18. The summed E-state index contributed by atoms with van der Waals surface area (Å²) in [6.45, 7) is 6.09. The van der Waals surface area contributed by atoms with Crippen molar-refractivity contribution in [1.29, 1.82) is 0 Å². The summed E-state index contributed by atoms with van der Waals surface area (Å²) in [5.74, 6) is 0. The van der Waals surface area contributed by atoms with Crippen molar-refractivity contribution in [3.63, 3.8) is 0 Å². The van der Waals surface area contributed by atoms with Crippen molar-refractivity contribution >= 4 is 5.70 Å². The smallest absolute Gasteiger partial charge is 0.0751 e. The van der Waals surface area contributed by atoms with Crippen molar-refractivity contribution in [2.45, 2.75) is 31.8 Å². The largest absolute Gasteiger partial charge is 0.302 e. The molecule has 0 amide bonds. The summed E-state index contributed by atoms with van der Waals surface area (Å²) in [6, 6.07) is 9.76. The molecule has 4 rings (SSSR count). The van der Waals surface area contributed by atoms with Gasteiger partial charge < -0.3 is 5.43 Å². The Kier molecular flexibility index (Phi) is 4.25. The predicted molar refractivity (Wildman–Crippen MR) is 92.9 cm³/mol. The second-order valence-electron chi connectivity index (χ2n) is 7.01. The number of benzene rings is 1. The molecule has 2 fully saturated rings. The number of piperidine rings is 1. The Morgan fingerprint density at radius 3 is 2.74 bits per heavy atom. The lowest BCUT2D eigenvalue weighted by atomic mass is 9.99. The van der Waals surface area contributed by atoms with Crippen molar-refractivity contribution in [1.82, 2.24) is 25.8 Å². The summed E-state index contributed by atoms with van der Waals surface area (Å²) in [5.41, 5.74) is 9.99. The highest BCUT2D eigenvalue weighted by Gasteiger charge is 2.28. The molecule has 2 saturated heterocycles. The van der Waals surface area contributed by atoms with Gasteiger partial charge in [-0.25, -0.2) is 0 Å². The van der Waals surface area contributed by atoms with Crippen molar-refractivity contribution in [3.05, 3.63) is 41.6 Å². The molecule has 1 atom stereocenters. The molecule has 0 spiro atoms. The van der Waals surface area contributed by atoms with Gasteiger partial charge in [0.05, 0.1) is 5.70 Å². The zero-order chi connectivity index (χ0) is 15.6. The zero-order valence-electron chi connectivity index (χ0n) is 14.0. The van der Waals surface area contributed by atoms with Gasteiger partial charge in [-0.1, -0.05) is 30.7 Å². The van der Waals surface area contributed by atoms with E-state index in [1.54, 1.807) is 0 Å². The first-order valence-electron chi connectivity index (χ1n) is 8.80. The number of hydrazine groups is 2. The Morgan fingerprint density at radius 1 is 1.09 bits per heavy atom. The molecule has 3 heterocycles. The highest BCUT2D eigenvalue weighted by atomic mass is 15.7. The highest BCUT2D eigenvalue weighted by molar-refractivity contribution is 5.64. The molecule has 3 aliphatic heterocycles. The summed E-state index contributed by atoms with van der Waals surface area (Å²) >= 11 is 0. The number of nitrogens with zero attached hydrogens (tertiary/aromatic N) is 3. The Hall–Kier alpha value is -1.56. The van der Waals surface area contributed by atoms with E-state index in [9.17, 15) is 0 Å². The minimum Gasteiger partial charge on any atom is -0.302 e. The molecule has 1 aromatic carbocycles. The van der Waals surface area contributed by atoms with Gasteiger partial charge >= 0.3 is 0 Å². The van der Waals surface area contributed by atoms with Crippen LogP contribution in [0.25, 0.3) is 5.70 Å². The summed E-state index contributed by atoms with van der Waals surface area (Å²) in [6.07, 6.45) is 6.26. The molecule has 23 heavy (non-hydrogen) atoms. The topological polar surface area (TPSA) is 33.8 Å². The van der Waals surface area contributed by atoms with Crippen LogP contribution in [0.1, 0.15) is 30.4 Å². The third kappa shape index (κ3) is 3.37. The van der Waals surface area contributed by atoms with E-state index in [0.29, 0.717) is 0 Å². The number of piperazine rings is 1. The van der Waals surface area contributed by atoms with Crippen LogP contribution in [0, 0.1) is 0 Å². The van der Waals surface area contributed by atoms with Crippen LogP contribution >= 0.6 is 0 Å². The van der Waals surface area contributed by atoms with Crippen molar-refractivity contribution in [2.75, 3.05) is 33.2 Å². The van der Waals surface area contributed by atoms with Crippen LogP contribution in [-0.4, -0.2) is 54.1 Å². The van der Waals surface area contributed by atoms with E-state index in [1.807, 2.05) is 12.1 Å². The molecular weight excluding hydrogens is 286 g/mol. The first-order chi connectivity index (χ1) is 11.3. The predicted octanol–water partition coefficient (Wildman–Crippen LogP) is 1.61. The van der Waals surface area contributed by atoms with Crippen LogP contribution in [0.5, 0.6) is 0 Å². The van der Waals surface area contributed by atoms with E-state index in [2.05, 4.69) is 51.2 Å². The summed E-state index contributed by atoms with van der Waals surface area (Å²) in [7, 11) is 1.99. The molecule has 0 saturated carbocycles. The van der Waals surface area contributed by atoms with Gasteiger partial charge in [-0.05, 0) is 24.9 Å². The number of fused-ring (bicyclic) bond motifs is 1. The van der Waals surface area contributed by atoms with Crippen molar-refractivity contribution < 1.29 is 0 Å². The van der Waals surface area contributed by atoms with Crippen molar-refractivity contribution in [2.24, 2.45) is 0 Å². The quantitative estimate of drug-likeness (QED) is 0.886. The molecule has 5 nitrogen and oxygen atoms in total. The Morgan fingerprint density at radius 2 is 1.96 bits per heavy atom. The van der Waals surface area contributed by atoms with E-state index in [0.717, 1.165) is 18.3 Å². The monoisotopic (exact) mass is 313 g/mol. The summed E-state index contributed by atoms with van der Waals surface area (Å²) in [4.78, 5) is 5.33. The summed E-state index contributed by atoms with van der Waals surface area (Å²) < 4.78 is 0. The van der Waals surface area contributed by atoms with Gasteiger partial charge in [-0.2, -0.15) is 0 Å². The van der Waals surface area contributed by atoms with Crippen LogP contribution in [-0.2, 0) is 6.54 Å². The van der Waals surface area contributed by atoms with E-state index < -0.39 is 0 Å². The van der Waals surface area contributed by atoms with E-state index in [4.69, 9.17) is 0 Å². The second-order valence-corrected chi connectivity index (χ2v) is 7.01. The van der Waals surface area contributed by atoms with Crippen LogP contribution in [0.15, 0.2) is 30.5 Å². The Balaban J connectivity index is 1.37. The SMILES string of the molecule is CN1C=C(c2ccc(CN3CCN4CCCCC4C3)cc2)NN1. The minimum absolute atomic E-state index is 0.797. The van der Waals surface area contributed by atoms with Crippen LogP contribution < -0.4 is 11.0 Å². The molecule has 0 aliphatic carbocycles. The number of rotatable bonds is 3. The first-order valence-corrected chi connectivity index (χ1v) is 8.80. The number of nitrogens with one attached hydrogen (secondary N) is 2. The van der Waals surface area contributed by atoms with Gasteiger partial charge in [0.1, 0.15) is 0 Å². The van der Waals surface area contributed by atoms with Gasteiger partial charge in [0.2, 0.25) is 0 Å². The fourth-order valence-corrected chi connectivity index (χ4v) is 3.97. The summed E-state index contributed by atoms with van der Waals surface area (Å²) in [5, 5.41) is 1.92. The lowest BCUT2D eigenvalue weighted by molar-refractivity contribution is 0.0457. The average molecular weight is 313 g/mol. The molecule has 3 aliphatic rings. The van der Waals surface area contributed by atoms with Gasteiger partial charge in [0, 0.05) is 51.0 Å². The zero-order valence-corrected chi connectivity index (χ0v) is 14.0. The highest BCUT2D eigenvalue weighted by Crippen LogP contribution is 2.22. The normalized spacial score (nSPS) is 25.9. The molecule has 5 heteroatoms.